The highest BCUT2D eigenvalue weighted by Gasteiger charge is 2.15. The maximum atomic E-state index is 12.9. The first-order valence-electron chi connectivity index (χ1n) is 7.97. The normalized spacial score (nSPS) is 11.0. The van der Waals surface area contributed by atoms with E-state index in [1.54, 1.807) is 25.1 Å². The Morgan fingerprint density at radius 1 is 1.33 bits per heavy atom. The number of carbonyl (C=O) groups is 1. The van der Waals surface area contributed by atoms with Crippen molar-refractivity contribution in [1.29, 1.82) is 0 Å². The average molecular weight is 401 g/mol. The lowest BCUT2D eigenvalue weighted by Gasteiger charge is -2.06. The van der Waals surface area contributed by atoms with Gasteiger partial charge in [0.2, 0.25) is 5.91 Å². The van der Waals surface area contributed by atoms with E-state index >= 15 is 0 Å². The van der Waals surface area contributed by atoms with Crippen molar-refractivity contribution in [1.82, 2.24) is 14.7 Å². The molecule has 0 unspecified atom stereocenters. The van der Waals surface area contributed by atoms with Gasteiger partial charge in [0.15, 0.2) is 5.82 Å². The van der Waals surface area contributed by atoms with Crippen LogP contribution in [0.1, 0.15) is 5.76 Å². The van der Waals surface area contributed by atoms with E-state index in [0.717, 1.165) is 11.1 Å². The third-order valence-electron chi connectivity index (χ3n) is 3.93. The highest BCUT2D eigenvalue weighted by molar-refractivity contribution is 7.17. The lowest BCUT2D eigenvalue weighted by Crippen LogP contribution is -2.27. The van der Waals surface area contributed by atoms with Gasteiger partial charge < -0.3 is 9.84 Å². The number of benzene rings is 1. The molecule has 0 fully saturated rings. The van der Waals surface area contributed by atoms with Crippen molar-refractivity contribution in [2.45, 2.75) is 13.5 Å². The number of hydrogen-bond donors (Lipinski definition) is 1. The van der Waals surface area contributed by atoms with Gasteiger partial charge in [0.05, 0.1) is 11.7 Å². The molecule has 27 heavy (non-hydrogen) atoms. The summed E-state index contributed by atoms with van der Waals surface area (Å²) >= 11 is 7.32. The van der Waals surface area contributed by atoms with Gasteiger partial charge in [0.1, 0.15) is 17.1 Å². The number of amides is 1. The standard InChI is InChI=1S/C18H13ClN4O3S/c1-10-6-14(22-26-10)21-15(24)7-23-9-20-17-16(18(23)25)13(8-27-17)11-2-4-12(19)5-3-11/h2-6,8-9H,7H2,1H3,(H,21,22,24). The second-order valence-electron chi connectivity index (χ2n) is 5.89. The van der Waals surface area contributed by atoms with E-state index in [-0.39, 0.29) is 12.1 Å². The third kappa shape index (κ3) is 3.49. The molecule has 0 saturated carbocycles. The van der Waals surface area contributed by atoms with E-state index in [2.05, 4.69) is 15.5 Å². The first-order chi connectivity index (χ1) is 13.0. The van der Waals surface area contributed by atoms with Crippen molar-refractivity contribution in [3.05, 3.63) is 63.2 Å². The third-order valence-corrected chi connectivity index (χ3v) is 5.06. The second-order valence-corrected chi connectivity index (χ2v) is 7.18. The van der Waals surface area contributed by atoms with Crippen LogP contribution < -0.4 is 10.9 Å². The minimum absolute atomic E-state index is 0.177. The number of anilines is 1. The first-order valence-corrected chi connectivity index (χ1v) is 9.23. The summed E-state index contributed by atoms with van der Waals surface area (Å²) < 4.78 is 6.18. The Morgan fingerprint density at radius 2 is 2.11 bits per heavy atom. The van der Waals surface area contributed by atoms with Crippen molar-refractivity contribution in [2.24, 2.45) is 0 Å². The summed E-state index contributed by atoms with van der Waals surface area (Å²) in [6.07, 6.45) is 1.38. The predicted octanol–water partition coefficient (Wildman–Crippen LogP) is 3.71. The molecule has 4 rings (SSSR count). The number of aryl methyl sites for hydroxylation is 1. The Morgan fingerprint density at radius 3 is 2.81 bits per heavy atom. The summed E-state index contributed by atoms with van der Waals surface area (Å²) in [5.41, 5.74) is 1.36. The minimum Gasteiger partial charge on any atom is -0.360 e. The minimum atomic E-state index is -0.394. The van der Waals surface area contributed by atoms with E-state index in [1.807, 2.05) is 17.5 Å². The van der Waals surface area contributed by atoms with Crippen LogP contribution in [-0.4, -0.2) is 20.6 Å². The molecule has 9 heteroatoms. The molecule has 0 spiro atoms. The van der Waals surface area contributed by atoms with Gasteiger partial charge in [-0.15, -0.1) is 11.3 Å². The van der Waals surface area contributed by atoms with Gasteiger partial charge in [-0.2, -0.15) is 0 Å². The van der Waals surface area contributed by atoms with Gasteiger partial charge in [-0.1, -0.05) is 28.9 Å². The molecule has 136 valence electrons. The Hall–Kier alpha value is -2.97. The zero-order valence-corrected chi connectivity index (χ0v) is 15.7. The maximum absolute atomic E-state index is 12.9. The lowest BCUT2D eigenvalue weighted by molar-refractivity contribution is -0.116. The van der Waals surface area contributed by atoms with Crippen molar-refractivity contribution >= 4 is 44.9 Å². The molecule has 1 amide bonds. The molecule has 7 nitrogen and oxygen atoms in total. The van der Waals surface area contributed by atoms with Crippen molar-refractivity contribution in [3.63, 3.8) is 0 Å². The summed E-state index contributed by atoms with van der Waals surface area (Å²) in [5, 5.41) is 9.27. The molecule has 0 saturated heterocycles. The van der Waals surface area contributed by atoms with Crippen LogP contribution in [0.25, 0.3) is 21.3 Å². The molecule has 0 aliphatic carbocycles. The summed E-state index contributed by atoms with van der Waals surface area (Å²) in [7, 11) is 0. The summed E-state index contributed by atoms with van der Waals surface area (Å²) in [6, 6.07) is 8.82. The molecular formula is C18H13ClN4O3S. The van der Waals surface area contributed by atoms with Crippen molar-refractivity contribution < 1.29 is 9.32 Å². The fraction of sp³-hybridized carbons (Fsp3) is 0.111. The van der Waals surface area contributed by atoms with Crippen LogP contribution in [0.3, 0.4) is 0 Å². The monoisotopic (exact) mass is 400 g/mol. The van der Waals surface area contributed by atoms with E-state index in [1.165, 1.54) is 22.2 Å². The van der Waals surface area contributed by atoms with Crippen LogP contribution in [0.15, 0.2) is 51.4 Å². The fourth-order valence-corrected chi connectivity index (χ4v) is 3.72. The van der Waals surface area contributed by atoms with E-state index in [9.17, 15) is 9.59 Å². The van der Waals surface area contributed by atoms with Crippen molar-refractivity contribution in [2.75, 3.05) is 5.32 Å². The molecular weight excluding hydrogens is 388 g/mol. The van der Waals surface area contributed by atoms with Gasteiger partial charge in [-0.25, -0.2) is 4.98 Å². The Kier molecular flexibility index (Phi) is 4.51. The summed E-state index contributed by atoms with van der Waals surface area (Å²) in [4.78, 5) is 30.1. The van der Waals surface area contributed by atoms with Gasteiger partial charge in [-0.05, 0) is 24.6 Å². The number of nitrogens with zero attached hydrogens (tertiary/aromatic N) is 3. The molecule has 0 bridgehead atoms. The van der Waals surface area contributed by atoms with Crippen LogP contribution in [0.2, 0.25) is 5.02 Å². The summed E-state index contributed by atoms with van der Waals surface area (Å²) in [5.74, 6) is 0.489. The number of fused-ring (bicyclic) bond motifs is 1. The molecule has 0 aliphatic rings. The molecule has 3 heterocycles. The number of rotatable bonds is 4. The largest absolute Gasteiger partial charge is 0.360 e. The molecule has 0 radical (unpaired) electrons. The zero-order valence-electron chi connectivity index (χ0n) is 14.1. The maximum Gasteiger partial charge on any atom is 0.263 e. The highest BCUT2D eigenvalue weighted by atomic mass is 35.5. The quantitative estimate of drug-likeness (QED) is 0.564. The molecule has 1 N–H and O–H groups in total. The highest BCUT2D eigenvalue weighted by Crippen LogP contribution is 2.31. The first kappa shape index (κ1) is 17.4. The number of halogens is 1. The smallest absolute Gasteiger partial charge is 0.263 e. The van der Waals surface area contributed by atoms with E-state index in [4.69, 9.17) is 16.1 Å². The van der Waals surface area contributed by atoms with Crippen molar-refractivity contribution in [3.8, 4) is 11.1 Å². The fourth-order valence-electron chi connectivity index (χ4n) is 2.68. The van der Waals surface area contributed by atoms with E-state index in [0.29, 0.717) is 26.8 Å². The molecule has 0 aliphatic heterocycles. The average Bonchev–Trinajstić information content (AvgIpc) is 3.25. The number of aromatic nitrogens is 3. The van der Waals surface area contributed by atoms with Crippen LogP contribution in [-0.2, 0) is 11.3 Å². The SMILES string of the molecule is Cc1cc(NC(=O)Cn2cnc3scc(-c4ccc(Cl)cc4)c3c2=O)no1. The van der Waals surface area contributed by atoms with E-state index < -0.39 is 5.91 Å². The molecule has 3 aromatic heterocycles. The van der Waals surface area contributed by atoms with Gasteiger partial charge in [-0.3, -0.25) is 14.2 Å². The van der Waals surface area contributed by atoms with Crippen LogP contribution >= 0.6 is 22.9 Å². The van der Waals surface area contributed by atoms with Crippen LogP contribution in [0.4, 0.5) is 5.82 Å². The van der Waals surface area contributed by atoms with Gasteiger partial charge in [0, 0.05) is 22.0 Å². The molecule has 1 aromatic carbocycles. The number of carbonyl (C=O) groups excluding carboxylic acids is 1. The Bertz CT molecular complexity index is 1190. The molecule has 0 atom stereocenters. The lowest BCUT2D eigenvalue weighted by atomic mass is 10.1. The summed E-state index contributed by atoms with van der Waals surface area (Å²) in [6.45, 7) is 1.55. The number of hydrogen-bond acceptors (Lipinski definition) is 6. The Labute approximate surface area is 162 Å². The predicted molar refractivity (Wildman–Crippen MR) is 104 cm³/mol. The second kappa shape index (κ2) is 6.98. The topological polar surface area (TPSA) is 90.0 Å². The van der Waals surface area contributed by atoms with Gasteiger partial charge >= 0.3 is 0 Å². The van der Waals surface area contributed by atoms with Gasteiger partial charge in [0.25, 0.3) is 5.56 Å². The van der Waals surface area contributed by atoms with Crippen LogP contribution in [0.5, 0.6) is 0 Å². The molecule has 4 aromatic rings. The number of thiophene rings is 1. The van der Waals surface area contributed by atoms with Crippen LogP contribution in [0, 0.1) is 6.92 Å². The number of nitrogens with one attached hydrogen (secondary N) is 1. The zero-order chi connectivity index (χ0) is 19.0. The Balaban J connectivity index is 1.67.